The standard InChI is InChI=1S/C6H14N2O/c1-2-9-6-4-8-3-5(6)7/h5-6,8H,2-4,7H2,1H3. The van der Waals surface area contributed by atoms with E-state index in [9.17, 15) is 0 Å². The van der Waals surface area contributed by atoms with Gasteiger partial charge in [-0.05, 0) is 6.92 Å². The van der Waals surface area contributed by atoms with Gasteiger partial charge in [0.15, 0.2) is 0 Å². The van der Waals surface area contributed by atoms with Crippen LogP contribution in [0.15, 0.2) is 0 Å². The molecule has 0 aliphatic carbocycles. The average Bonchev–Trinajstić information content (AvgIpc) is 2.18. The highest BCUT2D eigenvalue weighted by atomic mass is 16.5. The Morgan fingerprint density at radius 3 is 2.89 bits per heavy atom. The van der Waals surface area contributed by atoms with E-state index in [4.69, 9.17) is 10.5 Å². The third kappa shape index (κ3) is 1.64. The Morgan fingerprint density at radius 2 is 2.44 bits per heavy atom. The van der Waals surface area contributed by atoms with Crippen molar-refractivity contribution < 1.29 is 4.74 Å². The smallest absolute Gasteiger partial charge is 0.0862 e. The van der Waals surface area contributed by atoms with Gasteiger partial charge in [-0.15, -0.1) is 0 Å². The van der Waals surface area contributed by atoms with Gasteiger partial charge in [-0.1, -0.05) is 0 Å². The summed E-state index contributed by atoms with van der Waals surface area (Å²) in [5.74, 6) is 0. The van der Waals surface area contributed by atoms with E-state index in [0.29, 0.717) is 0 Å². The summed E-state index contributed by atoms with van der Waals surface area (Å²) in [7, 11) is 0. The third-order valence-electron chi connectivity index (χ3n) is 1.58. The fourth-order valence-electron chi connectivity index (χ4n) is 1.07. The Hall–Kier alpha value is -0.120. The van der Waals surface area contributed by atoms with E-state index < -0.39 is 0 Å². The number of hydrogen-bond donors (Lipinski definition) is 2. The SMILES string of the molecule is CCOC1CNCC1N. The maximum Gasteiger partial charge on any atom is 0.0862 e. The van der Waals surface area contributed by atoms with Gasteiger partial charge in [0.05, 0.1) is 6.10 Å². The van der Waals surface area contributed by atoms with E-state index in [-0.39, 0.29) is 12.1 Å². The van der Waals surface area contributed by atoms with Crippen LogP contribution in [-0.4, -0.2) is 31.8 Å². The molecular weight excluding hydrogens is 116 g/mol. The van der Waals surface area contributed by atoms with Gasteiger partial charge in [0, 0.05) is 25.7 Å². The zero-order valence-electron chi connectivity index (χ0n) is 5.76. The van der Waals surface area contributed by atoms with Gasteiger partial charge in [-0.2, -0.15) is 0 Å². The molecule has 0 spiro atoms. The van der Waals surface area contributed by atoms with Crippen molar-refractivity contribution in [1.29, 1.82) is 0 Å². The summed E-state index contributed by atoms with van der Waals surface area (Å²) >= 11 is 0. The van der Waals surface area contributed by atoms with E-state index in [0.717, 1.165) is 19.7 Å². The summed E-state index contributed by atoms with van der Waals surface area (Å²) in [5, 5.41) is 3.16. The molecule has 0 aromatic rings. The van der Waals surface area contributed by atoms with Crippen molar-refractivity contribution in [1.82, 2.24) is 5.32 Å². The zero-order valence-corrected chi connectivity index (χ0v) is 5.76. The minimum absolute atomic E-state index is 0.199. The maximum absolute atomic E-state index is 5.68. The number of nitrogens with two attached hydrogens (primary N) is 1. The lowest BCUT2D eigenvalue weighted by Gasteiger charge is -2.12. The summed E-state index contributed by atoms with van der Waals surface area (Å²) in [4.78, 5) is 0. The van der Waals surface area contributed by atoms with Gasteiger partial charge < -0.3 is 15.8 Å². The van der Waals surface area contributed by atoms with Crippen molar-refractivity contribution in [2.24, 2.45) is 5.73 Å². The van der Waals surface area contributed by atoms with Gasteiger partial charge in [0.1, 0.15) is 0 Å². The molecule has 1 saturated heterocycles. The molecule has 0 saturated carbocycles. The average molecular weight is 130 g/mol. The lowest BCUT2D eigenvalue weighted by Crippen LogP contribution is -2.35. The summed E-state index contributed by atoms with van der Waals surface area (Å²) in [6.45, 7) is 4.56. The Balaban J connectivity index is 2.22. The summed E-state index contributed by atoms with van der Waals surface area (Å²) in [6.07, 6.45) is 0.245. The first-order chi connectivity index (χ1) is 4.34. The summed E-state index contributed by atoms with van der Waals surface area (Å²) in [5.41, 5.74) is 5.68. The molecular formula is C6H14N2O. The van der Waals surface area contributed by atoms with E-state index in [1.165, 1.54) is 0 Å². The molecule has 1 fully saturated rings. The van der Waals surface area contributed by atoms with Crippen molar-refractivity contribution >= 4 is 0 Å². The van der Waals surface area contributed by atoms with Gasteiger partial charge in [-0.25, -0.2) is 0 Å². The van der Waals surface area contributed by atoms with Crippen LogP contribution in [0.3, 0.4) is 0 Å². The Bertz CT molecular complexity index is 87.1. The second-order valence-electron chi connectivity index (χ2n) is 2.32. The largest absolute Gasteiger partial charge is 0.376 e. The molecule has 0 radical (unpaired) electrons. The van der Waals surface area contributed by atoms with Crippen LogP contribution in [0.5, 0.6) is 0 Å². The van der Waals surface area contributed by atoms with Gasteiger partial charge in [-0.3, -0.25) is 0 Å². The van der Waals surface area contributed by atoms with Gasteiger partial charge in [0.25, 0.3) is 0 Å². The van der Waals surface area contributed by atoms with E-state index in [1.807, 2.05) is 6.92 Å². The van der Waals surface area contributed by atoms with Gasteiger partial charge in [0.2, 0.25) is 0 Å². The van der Waals surface area contributed by atoms with Crippen LogP contribution in [0.2, 0.25) is 0 Å². The molecule has 2 atom stereocenters. The lowest BCUT2D eigenvalue weighted by molar-refractivity contribution is 0.0671. The fourth-order valence-corrected chi connectivity index (χ4v) is 1.07. The molecule has 1 rings (SSSR count). The predicted octanol–water partition coefficient (Wildman–Crippen LogP) is -0.678. The van der Waals surface area contributed by atoms with Crippen molar-refractivity contribution in [2.45, 2.75) is 19.1 Å². The minimum atomic E-state index is 0.199. The molecule has 1 heterocycles. The first-order valence-corrected chi connectivity index (χ1v) is 3.42. The Morgan fingerprint density at radius 1 is 1.67 bits per heavy atom. The minimum Gasteiger partial charge on any atom is -0.376 e. The third-order valence-corrected chi connectivity index (χ3v) is 1.58. The van der Waals surface area contributed by atoms with Crippen molar-refractivity contribution in [3.8, 4) is 0 Å². The van der Waals surface area contributed by atoms with Crippen molar-refractivity contribution in [3.63, 3.8) is 0 Å². The molecule has 0 aromatic carbocycles. The highest BCUT2D eigenvalue weighted by Crippen LogP contribution is 2.00. The zero-order chi connectivity index (χ0) is 6.69. The molecule has 3 nitrogen and oxygen atoms in total. The fraction of sp³-hybridized carbons (Fsp3) is 1.00. The molecule has 2 unspecified atom stereocenters. The summed E-state index contributed by atoms with van der Waals surface area (Å²) < 4.78 is 5.33. The lowest BCUT2D eigenvalue weighted by atomic mass is 10.2. The molecule has 54 valence electrons. The molecule has 3 heteroatoms. The van der Waals surface area contributed by atoms with Crippen LogP contribution in [0.25, 0.3) is 0 Å². The molecule has 9 heavy (non-hydrogen) atoms. The number of rotatable bonds is 2. The van der Waals surface area contributed by atoms with E-state index in [2.05, 4.69) is 5.32 Å². The highest BCUT2D eigenvalue weighted by molar-refractivity contribution is 4.84. The van der Waals surface area contributed by atoms with Crippen molar-refractivity contribution in [2.75, 3.05) is 19.7 Å². The number of hydrogen-bond acceptors (Lipinski definition) is 3. The number of nitrogens with one attached hydrogen (secondary N) is 1. The topological polar surface area (TPSA) is 47.3 Å². The second kappa shape index (κ2) is 3.15. The van der Waals surface area contributed by atoms with E-state index >= 15 is 0 Å². The van der Waals surface area contributed by atoms with Crippen LogP contribution >= 0.6 is 0 Å². The monoisotopic (exact) mass is 130 g/mol. The molecule has 3 N–H and O–H groups in total. The maximum atomic E-state index is 5.68. The van der Waals surface area contributed by atoms with Crippen LogP contribution in [0, 0.1) is 0 Å². The highest BCUT2D eigenvalue weighted by Gasteiger charge is 2.22. The van der Waals surface area contributed by atoms with E-state index in [1.54, 1.807) is 0 Å². The normalized spacial score (nSPS) is 35.3. The first kappa shape index (κ1) is 6.99. The Kier molecular flexibility index (Phi) is 2.45. The van der Waals surface area contributed by atoms with Crippen LogP contribution < -0.4 is 11.1 Å². The van der Waals surface area contributed by atoms with Crippen LogP contribution in [0.1, 0.15) is 6.92 Å². The van der Waals surface area contributed by atoms with Crippen molar-refractivity contribution in [3.05, 3.63) is 0 Å². The molecule has 0 amide bonds. The van der Waals surface area contributed by atoms with Gasteiger partial charge >= 0.3 is 0 Å². The van der Waals surface area contributed by atoms with Crippen LogP contribution in [0.4, 0.5) is 0 Å². The molecule has 1 aliphatic heterocycles. The van der Waals surface area contributed by atoms with Crippen LogP contribution in [-0.2, 0) is 4.74 Å². The molecule has 0 aromatic heterocycles. The molecule has 1 aliphatic rings. The molecule has 0 bridgehead atoms. The predicted molar refractivity (Wildman–Crippen MR) is 36.3 cm³/mol. The quantitative estimate of drug-likeness (QED) is 0.521. The Labute approximate surface area is 55.6 Å². The first-order valence-electron chi connectivity index (χ1n) is 3.42. The summed E-state index contributed by atoms with van der Waals surface area (Å²) in [6, 6.07) is 0.199. The second-order valence-corrected chi connectivity index (χ2v) is 2.32. The number of ether oxygens (including phenoxy) is 1.